The van der Waals surface area contributed by atoms with E-state index in [0.717, 1.165) is 39.6 Å². The van der Waals surface area contributed by atoms with Gasteiger partial charge in [-0.25, -0.2) is 0 Å². The van der Waals surface area contributed by atoms with E-state index in [1.807, 2.05) is 66.7 Å². The molecule has 0 atom stereocenters. The second-order valence-corrected chi connectivity index (χ2v) is 7.65. The standard InChI is InChI=1S/C27H21N3O3/c1-2-26(31)30-13-12-19(17-30)29-20-14-23(25-16-28-27(32)24(25)15-20)18-8-10-22(11-9-18)33-21-6-4-3-5-7-21/h2-15,17,29H,1,16H2,(H,28,32). The van der Waals surface area contributed by atoms with Crippen LogP contribution in [0.4, 0.5) is 11.4 Å². The van der Waals surface area contributed by atoms with E-state index in [1.165, 1.54) is 10.6 Å². The third kappa shape index (κ3) is 4.14. The fourth-order valence-electron chi connectivity index (χ4n) is 3.87. The summed E-state index contributed by atoms with van der Waals surface area (Å²) in [7, 11) is 0. The van der Waals surface area contributed by atoms with Crippen molar-refractivity contribution in [3.8, 4) is 22.6 Å². The molecule has 0 spiro atoms. The van der Waals surface area contributed by atoms with E-state index in [9.17, 15) is 9.59 Å². The van der Waals surface area contributed by atoms with Crippen molar-refractivity contribution < 1.29 is 14.3 Å². The topological polar surface area (TPSA) is 72.4 Å². The lowest BCUT2D eigenvalue weighted by Crippen LogP contribution is -2.12. The number of aromatic nitrogens is 1. The Morgan fingerprint density at radius 1 is 0.970 bits per heavy atom. The molecule has 1 aliphatic rings. The van der Waals surface area contributed by atoms with Crippen LogP contribution in [0.15, 0.2) is 97.8 Å². The molecule has 3 aromatic carbocycles. The Morgan fingerprint density at radius 3 is 2.45 bits per heavy atom. The van der Waals surface area contributed by atoms with Crippen molar-refractivity contribution in [1.82, 2.24) is 9.88 Å². The number of nitrogens with zero attached hydrogens (tertiary/aromatic N) is 1. The summed E-state index contributed by atoms with van der Waals surface area (Å²) < 4.78 is 7.34. The number of anilines is 2. The molecule has 0 saturated heterocycles. The van der Waals surface area contributed by atoms with Gasteiger partial charge in [0.2, 0.25) is 0 Å². The average molecular weight is 435 g/mol. The monoisotopic (exact) mass is 435 g/mol. The summed E-state index contributed by atoms with van der Waals surface area (Å²) >= 11 is 0. The van der Waals surface area contributed by atoms with Crippen LogP contribution in [0.2, 0.25) is 0 Å². The summed E-state index contributed by atoms with van der Waals surface area (Å²) in [5.74, 6) is 1.19. The van der Waals surface area contributed by atoms with Crippen LogP contribution in [0.3, 0.4) is 0 Å². The largest absolute Gasteiger partial charge is 0.457 e. The fraction of sp³-hybridized carbons (Fsp3) is 0.0370. The van der Waals surface area contributed by atoms with Gasteiger partial charge in [0, 0.05) is 30.2 Å². The lowest BCUT2D eigenvalue weighted by atomic mass is 9.96. The maximum Gasteiger partial charge on any atom is 0.254 e. The summed E-state index contributed by atoms with van der Waals surface area (Å²) in [6, 6.07) is 23.1. The molecule has 1 aromatic heterocycles. The molecule has 5 rings (SSSR count). The molecule has 0 radical (unpaired) electrons. The molecule has 0 fully saturated rings. The van der Waals surface area contributed by atoms with Crippen LogP contribution in [0.5, 0.6) is 11.5 Å². The Kier molecular flexibility index (Phi) is 5.24. The number of carbonyl (C=O) groups excluding carboxylic acids is 2. The van der Waals surface area contributed by atoms with E-state index >= 15 is 0 Å². The van der Waals surface area contributed by atoms with E-state index in [-0.39, 0.29) is 11.8 Å². The van der Waals surface area contributed by atoms with Gasteiger partial charge in [0.25, 0.3) is 11.8 Å². The summed E-state index contributed by atoms with van der Waals surface area (Å²) in [6.07, 6.45) is 4.61. The van der Waals surface area contributed by atoms with Gasteiger partial charge < -0.3 is 15.4 Å². The van der Waals surface area contributed by atoms with Crippen LogP contribution < -0.4 is 15.4 Å². The van der Waals surface area contributed by atoms with Crippen molar-refractivity contribution in [1.29, 1.82) is 0 Å². The molecule has 0 unspecified atom stereocenters. The summed E-state index contributed by atoms with van der Waals surface area (Å²) in [5.41, 5.74) is 5.03. The lowest BCUT2D eigenvalue weighted by molar-refractivity contribution is 0.0959. The highest BCUT2D eigenvalue weighted by atomic mass is 16.5. The quantitative estimate of drug-likeness (QED) is 0.378. The second-order valence-electron chi connectivity index (χ2n) is 7.65. The Hall–Kier alpha value is -4.58. The summed E-state index contributed by atoms with van der Waals surface area (Å²) in [4.78, 5) is 24.2. The van der Waals surface area contributed by atoms with Crippen LogP contribution in [-0.4, -0.2) is 16.4 Å². The predicted molar refractivity (Wildman–Crippen MR) is 128 cm³/mol. The van der Waals surface area contributed by atoms with Gasteiger partial charge in [0.1, 0.15) is 11.5 Å². The number of hydrogen-bond acceptors (Lipinski definition) is 4. The van der Waals surface area contributed by atoms with Crippen LogP contribution >= 0.6 is 0 Å². The average Bonchev–Trinajstić information content (AvgIpc) is 3.46. The van der Waals surface area contributed by atoms with Crippen molar-refractivity contribution in [2.24, 2.45) is 0 Å². The Labute approximate surface area is 191 Å². The van der Waals surface area contributed by atoms with Gasteiger partial charge in [0.05, 0.1) is 5.69 Å². The van der Waals surface area contributed by atoms with Crippen molar-refractivity contribution in [2.75, 3.05) is 5.32 Å². The molecule has 1 amide bonds. The molecule has 6 heteroatoms. The zero-order valence-electron chi connectivity index (χ0n) is 17.7. The number of carbonyl (C=O) groups is 2. The van der Waals surface area contributed by atoms with Crippen molar-refractivity contribution in [3.05, 3.63) is 109 Å². The van der Waals surface area contributed by atoms with Gasteiger partial charge in [0.15, 0.2) is 0 Å². The Balaban J connectivity index is 1.46. The molecule has 0 bridgehead atoms. The first-order chi connectivity index (χ1) is 16.1. The number of amides is 1. The minimum absolute atomic E-state index is 0.0988. The highest BCUT2D eigenvalue weighted by molar-refractivity contribution is 6.02. The molecule has 162 valence electrons. The lowest BCUT2D eigenvalue weighted by Gasteiger charge is -2.13. The van der Waals surface area contributed by atoms with Crippen molar-refractivity contribution in [2.45, 2.75) is 6.54 Å². The summed E-state index contributed by atoms with van der Waals surface area (Å²) in [5, 5.41) is 6.20. The van der Waals surface area contributed by atoms with E-state index in [0.29, 0.717) is 12.1 Å². The second kappa shape index (κ2) is 8.51. The number of fused-ring (bicyclic) bond motifs is 1. The third-order valence-corrected chi connectivity index (χ3v) is 5.48. The van der Waals surface area contributed by atoms with Gasteiger partial charge in [-0.1, -0.05) is 36.9 Å². The SMILES string of the molecule is C=CC(=O)n1ccc(Nc2cc3c(c(-c4ccc(Oc5ccccc5)cc4)c2)CNC3=O)c1. The molecule has 6 nitrogen and oxygen atoms in total. The van der Waals surface area contributed by atoms with E-state index in [1.54, 1.807) is 18.5 Å². The van der Waals surface area contributed by atoms with E-state index in [4.69, 9.17) is 4.74 Å². The number of rotatable bonds is 6. The maximum absolute atomic E-state index is 12.4. The zero-order chi connectivity index (χ0) is 22.8. The number of ether oxygens (including phenoxy) is 1. The van der Waals surface area contributed by atoms with Crippen LogP contribution in [0.25, 0.3) is 11.1 Å². The number of para-hydroxylation sites is 1. The van der Waals surface area contributed by atoms with Gasteiger partial charge in [-0.2, -0.15) is 0 Å². The van der Waals surface area contributed by atoms with E-state index in [2.05, 4.69) is 17.2 Å². The molecule has 2 N–H and O–H groups in total. The predicted octanol–water partition coefficient (Wildman–Crippen LogP) is 5.76. The number of benzene rings is 3. The first kappa shape index (κ1) is 20.3. The molecular formula is C27H21N3O3. The first-order valence-electron chi connectivity index (χ1n) is 10.5. The van der Waals surface area contributed by atoms with Crippen LogP contribution in [0, 0.1) is 0 Å². The third-order valence-electron chi connectivity index (χ3n) is 5.48. The first-order valence-corrected chi connectivity index (χ1v) is 10.5. The maximum atomic E-state index is 12.4. The van der Waals surface area contributed by atoms with Gasteiger partial charge in [-0.3, -0.25) is 14.2 Å². The highest BCUT2D eigenvalue weighted by Crippen LogP contribution is 2.35. The molecule has 1 aliphatic heterocycles. The number of hydrogen-bond donors (Lipinski definition) is 2. The molecular weight excluding hydrogens is 414 g/mol. The Bertz CT molecular complexity index is 1360. The van der Waals surface area contributed by atoms with Crippen molar-refractivity contribution >= 4 is 23.2 Å². The van der Waals surface area contributed by atoms with Crippen LogP contribution in [-0.2, 0) is 6.54 Å². The molecule has 33 heavy (non-hydrogen) atoms. The zero-order valence-corrected chi connectivity index (χ0v) is 17.7. The molecule has 2 heterocycles. The van der Waals surface area contributed by atoms with Gasteiger partial charge in [-0.05, 0) is 65.2 Å². The number of allylic oxidation sites excluding steroid dienone is 1. The minimum Gasteiger partial charge on any atom is -0.457 e. The smallest absolute Gasteiger partial charge is 0.254 e. The van der Waals surface area contributed by atoms with Gasteiger partial charge >= 0.3 is 0 Å². The van der Waals surface area contributed by atoms with Crippen molar-refractivity contribution in [3.63, 3.8) is 0 Å². The Morgan fingerprint density at radius 2 is 1.70 bits per heavy atom. The van der Waals surface area contributed by atoms with Gasteiger partial charge in [-0.15, -0.1) is 0 Å². The number of nitrogens with one attached hydrogen (secondary N) is 2. The normalized spacial score (nSPS) is 12.1. The molecule has 0 aliphatic carbocycles. The highest BCUT2D eigenvalue weighted by Gasteiger charge is 2.23. The van der Waals surface area contributed by atoms with Crippen LogP contribution in [0.1, 0.15) is 20.7 Å². The van der Waals surface area contributed by atoms with E-state index < -0.39 is 0 Å². The minimum atomic E-state index is -0.213. The fourth-order valence-corrected chi connectivity index (χ4v) is 3.87. The summed E-state index contributed by atoms with van der Waals surface area (Å²) in [6.45, 7) is 3.99. The molecule has 0 saturated carbocycles. The molecule has 4 aromatic rings.